The van der Waals surface area contributed by atoms with Gasteiger partial charge in [-0.1, -0.05) is 24.8 Å². The number of allylic oxidation sites excluding steroid dienone is 1. The van der Waals surface area contributed by atoms with Gasteiger partial charge in [-0.3, -0.25) is 4.79 Å². The van der Waals surface area contributed by atoms with E-state index in [1.807, 2.05) is 66.4 Å². The molecule has 2 heterocycles. The van der Waals surface area contributed by atoms with Gasteiger partial charge in [0.05, 0.1) is 25.6 Å². The van der Waals surface area contributed by atoms with E-state index in [0.29, 0.717) is 18.8 Å². The lowest BCUT2D eigenvalue weighted by atomic mass is 10.2. The number of carbonyl (C=O) groups is 1. The highest BCUT2D eigenvalue weighted by Gasteiger charge is 2.26. The average molecular weight is 433 g/mol. The van der Waals surface area contributed by atoms with E-state index in [4.69, 9.17) is 9.47 Å². The second kappa shape index (κ2) is 9.18. The first-order valence-electron chi connectivity index (χ1n) is 10.6. The normalized spacial score (nSPS) is 13.7. The van der Waals surface area contributed by atoms with Crippen LogP contribution in [0.5, 0.6) is 11.5 Å². The molecule has 0 bridgehead atoms. The number of aromatic nitrogens is 2. The smallest absolute Gasteiger partial charge is 0.272 e. The fraction of sp³-hybridized carbons (Fsp3) is 0.280. The lowest BCUT2D eigenvalue weighted by Gasteiger charge is -2.36. The molecule has 0 N–H and O–H groups in total. The van der Waals surface area contributed by atoms with E-state index < -0.39 is 0 Å². The molecule has 0 spiro atoms. The summed E-state index contributed by atoms with van der Waals surface area (Å²) < 4.78 is 12.5. The summed E-state index contributed by atoms with van der Waals surface area (Å²) in [7, 11) is 3.29. The molecule has 1 saturated heterocycles. The predicted octanol–water partition coefficient (Wildman–Crippen LogP) is 3.89. The summed E-state index contributed by atoms with van der Waals surface area (Å²) in [4.78, 5) is 17.6. The zero-order valence-electron chi connectivity index (χ0n) is 18.7. The van der Waals surface area contributed by atoms with Gasteiger partial charge in [0.2, 0.25) is 0 Å². The summed E-state index contributed by atoms with van der Waals surface area (Å²) >= 11 is 0. The standard InChI is InChI=1S/C25H28N4O3/c1-18(2)23-17-24(29(26-23)19-8-6-5-7-9-19)25(30)28-12-10-27(11-13-28)20-14-21(31-3)16-22(15-20)32-4/h5-9,14-17H,1,10-13H2,2-4H3. The molecule has 1 fully saturated rings. The first-order chi connectivity index (χ1) is 15.5. The largest absolute Gasteiger partial charge is 0.497 e. The molecule has 0 aliphatic carbocycles. The molecule has 32 heavy (non-hydrogen) atoms. The molecule has 0 radical (unpaired) electrons. The first kappa shape index (κ1) is 21.5. The highest BCUT2D eigenvalue weighted by atomic mass is 16.5. The predicted molar refractivity (Wildman–Crippen MR) is 126 cm³/mol. The van der Waals surface area contributed by atoms with Gasteiger partial charge in [0, 0.05) is 50.1 Å². The number of amides is 1. The molecule has 7 heteroatoms. The molecule has 1 aliphatic heterocycles. The summed E-state index contributed by atoms with van der Waals surface area (Å²) in [5.74, 6) is 1.46. The molecule has 1 aromatic heterocycles. The van der Waals surface area contributed by atoms with Gasteiger partial charge in [-0.15, -0.1) is 0 Å². The Labute approximate surface area is 188 Å². The van der Waals surface area contributed by atoms with Gasteiger partial charge in [-0.2, -0.15) is 5.10 Å². The number of benzene rings is 2. The van der Waals surface area contributed by atoms with Crippen molar-refractivity contribution < 1.29 is 14.3 Å². The van der Waals surface area contributed by atoms with Gasteiger partial charge >= 0.3 is 0 Å². The van der Waals surface area contributed by atoms with Crippen molar-refractivity contribution in [3.8, 4) is 17.2 Å². The molecule has 7 nitrogen and oxygen atoms in total. The maximum atomic E-state index is 13.5. The van der Waals surface area contributed by atoms with Crippen molar-refractivity contribution >= 4 is 17.2 Å². The van der Waals surface area contributed by atoms with Crippen molar-refractivity contribution in [3.05, 3.63) is 72.6 Å². The van der Waals surface area contributed by atoms with Crippen molar-refractivity contribution in [3.63, 3.8) is 0 Å². The van der Waals surface area contributed by atoms with Crippen LogP contribution < -0.4 is 14.4 Å². The van der Waals surface area contributed by atoms with Crippen molar-refractivity contribution in [1.29, 1.82) is 0 Å². The van der Waals surface area contributed by atoms with Crippen LogP contribution in [0.4, 0.5) is 5.69 Å². The third kappa shape index (κ3) is 4.32. The average Bonchev–Trinajstić information content (AvgIpc) is 3.30. The third-order valence-electron chi connectivity index (χ3n) is 5.63. The van der Waals surface area contributed by atoms with Crippen molar-refractivity contribution in [2.24, 2.45) is 0 Å². The number of hydrogen-bond acceptors (Lipinski definition) is 5. The highest BCUT2D eigenvalue weighted by molar-refractivity contribution is 5.94. The van der Waals surface area contributed by atoms with Crippen LogP contribution in [0.1, 0.15) is 23.1 Å². The Kier molecular flexibility index (Phi) is 6.16. The monoisotopic (exact) mass is 432 g/mol. The Morgan fingerprint density at radius 1 is 0.906 bits per heavy atom. The van der Waals surface area contributed by atoms with Crippen molar-refractivity contribution in [1.82, 2.24) is 14.7 Å². The molecular weight excluding hydrogens is 404 g/mol. The Hall–Kier alpha value is -3.74. The maximum absolute atomic E-state index is 13.5. The van der Waals surface area contributed by atoms with Crippen LogP contribution in [0.3, 0.4) is 0 Å². The Morgan fingerprint density at radius 3 is 2.09 bits per heavy atom. The van der Waals surface area contributed by atoms with Crippen LogP contribution in [0.15, 0.2) is 61.2 Å². The van der Waals surface area contributed by atoms with Crippen molar-refractivity contribution in [2.45, 2.75) is 6.92 Å². The Morgan fingerprint density at radius 2 is 1.53 bits per heavy atom. The van der Waals surface area contributed by atoms with Crippen LogP contribution in [0.25, 0.3) is 11.3 Å². The van der Waals surface area contributed by atoms with Crippen LogP contribution in [0, 0.1) is 0 Å². The maximum Gasteiger partial charge on any atom is 0.272 e. The van der Waals surface area contributed by atoms with Gasteiger partial charge in [-0.25, -0.2) is 4.68 Å². The number of ether oxygens (including phenoxy) is 2. The lowest BCUT2D eigenvalue weighted by Crippen LogP contribution is -2.49. The summed E-state index contributed by atoms with van der Waals surface area (Å²) in [6, 6.07) is 17.4. The number of piperazine rings is 1. The number of anilines is 1. The van der Waals surface area contributed by atoms with E-state index >= 15 is 0 Å². The summed E-state index contributed by atoms with van der Waals surface area (Å²) in [5, 5.41) is 4.63. The molecule has 2 aromatic carbocycles. The van der Waals surface area contributed by atoms with Gasteiger partial charge < -0.3 is 19.3 Å². The van der Waals surface area contributed by atoms with E-state index in [0.717, 1.165) is 47.2 Å². The van der Waals surface area contributed by atoms with Crippen molar-refractivity contribution in [2.75, 3.05) is 45.3 Å². The molecule has 1 amide bonds. The fourth-order valence-electron chi connectivity index (χ4n) is 3.81. The summed E-state index contributed by atoms with van der Waals surface area (Å²) in [5.41, 5.74) is 3.97. The SMILES string of the molecule is C=C(C)c1cc(C(=O)N2CCN(c3cc(OC)cc(OC)c3)CC2)n(-c2ccccc2)n1. The zero-order valence-corrected chi connectivity index (χ0v) is 18.7. The number of hydrogen-bond donors (Lipinski definition) is 0. The second-order valence-corrected chi connectivity index (χ2v) is 7.79. The Balaban J connectivity index is 1.54. The van der Waals surface area contributed by atoms with Gasteiger partial charge in [-0.05, 0) is 30.7 Å². The summed E-state index contributed by atoms with van der Waals surface area (Å²) in [6.45, 7) is 8.54. The molecule has 3 aromatic rings. The number of rotatable bonds is 6. The molecule has 1 aliphatic rings. The van der Waals surface area contributed by atoms with E-state index in [-0.39, 0.29) is 5.91 Å². The topological polar surface area (TPSA) is 59.8 Å². The van der Waals surface area contributed by atoms with E-state index in [1.165, 1.54) is 0 Å². The summed E-state index contributed by atoms with van der Waals surface area (Å²) in [6.07, 6.45) is 0. The van der Waals surface area contributed by atoms with Gasteiger partial charge in [0.25, 0.3) is 5.91 Å². The number of methoxy groups -OCH3 is 2. The minimum Gasteiger partial charge on any atom is -0.497 e. The number of nitrogens with zero attached hydrogens (tertiary/aromatic N) is 4. The van der Waals surface area contributed by atoms with Crippen LogP contribution >= 0.6 is 0 Å². The minimum absolute atomic E-state index is 0.0308. The van der Waals surface area contributed by atoms with E-state index in [9.17, 15) is 4.79 Å². The number of carbonyl (C=O) groups excluding carboxylic acids is 1. The molecule has 0 saturated carbocycles. The lowest BCUT2D eigenvalue weighted by molar-refractivity contribution is 0.0737. The van der Waals surface area contributed by atoms with Crippen LogP contribution in [0.2, 0.25) is 0 Å². The second-order valence-electron chi connectivity index (χ2n) is 7.79. The fourth-order valence-corrected chi connectivity index (χ4v) is 3.81. The zero-order chi connectivity index (χ0) is 22.7. The van der Waals surface area contributed by atoms with Crippen LogP contribution in [-0.4, -0.2) is 61.0 Å². The Bertz CT molecular complexity index is 1090. The molecule has 4 rings (SSSR count). The minimum atomic E-state index is -0.0308. The number of para-hydroxylation sites is 1. The first-order valence-corrected chi connectivity index (χ1v) is 10.6. The van der Waals surface area contributed by atoms with Crippen LogP contribution in [-0.2, 0) is 0 Å². The molecule has 0 unspecified atom stereocenters. The third-order valence-corrected chi connectivity index (χ3v) is 5.63. The van der Waals surface area contributed by atoms with E-state index in [2.05, 4.69) is 16.6 Å². The molecule has 166 valence electrons. The van der Waals surface area contributed by atoms with E-state index in [1.54, 1.807) is 18.9 Å². The molecule has 0 atom stereocenters. The molecular formula is C25H28N4O3. The quantitative estimate of drug-likeness (QED) is 0.592. The van der Waals surface area contributed by atoms with Gasteiger partial charge in [0.1, 0.15) is 17.2 Å². The highest BCUT2D eigenvalue weighted by Crippen LogP contribution is 2.29. The van der Waals surface area contributed by atoms with Gasteiger partial charge in [0.15, 0.2) is 0 Å².